The molecule has 1 saturated heterocycles. The van der Waals surface area contributed by atoms with Crippen molar-refractivity contribution in [3.8, 4) is 0 Å². The summed E-state index contributed by atoms with van der Waals surface area (Å²) in [6.45, 7) is 9.18. The summed E-state index contributed by atoms with van der Waals surface area (Å²) >= 11 is 8.77. The molecule has 110 valence electrons. The van der Waals surface area contributed by atoms with Crippen molar-refractivity contribution in [3.05, 3.63) is 28.2 Å². The molecule has 0 unspecified atom stereocenters. The van der Waals surface area contributed by atoms with E-state index in [1.54, 1.807) is 0 Å². The van der Waals surface area contributed by atoms with Crippen molar-refractivity contribution in [2.24, 2.45) is 17.1 Å². The molecule has 0 spiro atoms. The fourth-order valence-electron chi connectivity index (χ4n) is 3.01. The fraction of sp³-hybridized carbons (Fsp3) is 0.562. The molecule has 1 heterocycles. The van der Waals surface area contributed by atoms with Gasteiger partial charge >= 0.3 is 0 Å². The third-order valence-electron chi connectivity index (χ3n) is 4.30. The number of hydrogen-bond acceptors (Lipinski definition) is 2. The Morgan fingerprint density at radius 1 is 1.30 bits per heavy atom. The second kappa shape index (κ2) is 6.02. The standard InChI is InChI=1S/C16H23BrN2S/c1-16(2,3)11-7-9-19(10-8-11)13-6-4-5-12(17)14(13)15(18)20/h4-6,11H,7-10H2,1-3H3,(H2,18,20). The molecule has 0 atom stereocenters. The molecule has 1 fully saturated rings. The lowest BCUT2D eigenvalue weighted by Crippen LogP contribution is -2.38. The lowest BCUT2D eigenvalue weighted by molar-refractivity contribution is 0.199. The molecule has 20 heavy (non-hydrogen) atoms. The molecular weight excluding hydrogens is 332 g/mol. The predicted octanol–water partition coefficient (Wildman–Crippen LogP) is 4.35. The Morgan fingerprint density at radius 2 is 1.90 bits per heavy atom. The van der Waals surface area contributed by atoms with Crippen molar-refractivity contribution in [2.45, 2.75) is 33.6 Å². The molecule has 0 saturated carbocycles. The topological polar surface area (TPSA) is 29.3 Å². The van der Waals surface area contributed by atoms with Gasteiger partial charge in [-0.05, 0) is 52.2 Å². The van der Waals surface area contributed by atoms with Gasteiger partial charge in [0.1, 0.15) is 4.99 Å². The summed E-state index contributed by atoms with van der Waals surface area (Å²) in [5.74, 6) is 0.791. The molecule has 0 aliphatic carbocycles. The summed E-state index contributed by atoms with van der Waals surface area (Å²) in [6.07, 6.45) is 2.46. The first-order valence-electron chi connectivity index (χ1n) is 7.14. The highest BCUT2D eigenvalue weighted by Gasteiger charge is 2.29. The number of thiocarbonyl (C=S) groups is 1. The Balaban J connectivity index is 2.19. The molecule has 0 radical (unpaired) electrons. The number of anilines is 1. The third kappa shape index (κ3) is 3.34. The Hall–Kier alpha value is -0.610. The van der Waals surface area contributed by atoms with Gasteiger partial charge in [0.15, 0.2) is 0 Å². The van der Waals surface area contributed by atoms with Gasteiger partial charge in [0.25, 0.3) is 0 Å². The predicted molar refractivity (Wildman–Crippen MR) is 94.4 cm³/mol. The number of rotatable bonds is 2. The number of nitrogens with zero attached hydrogens (tertiary/aromatic N) is 1. The molecule has 1 aliphatic rings. The maximum absolute atomic E-state index is 5.89. The number of benzene rings is 1. The lowest BCUT2D eigenvalue weighted by Gasteiger charge is -2.40. The van der Waals surface area contributed by atoms with Gasteiger partial charge in [0.05, 0.1) is 0 Å². The average molecular weight is 355 g/mol. The van der Waals surface area contributed by atoms with E-state index in [1.165, 1.54) is 18.5 Å². The maximum Gasteiger partial charge on any atom is 0.107 e. The molecular formula is C16H23BrN2S. The molecule has 1 aromatic rings. The van der Waals surface area contributed by atoms with Crippen molar-refractivity contribution in [1.29, 1.82) is 0 Å². The highest BCUT2D eigenvalue weighted by Crippen LogP contribution is 2.37. The van der Waals surface area contributed by atoms with Gasteiger partial charge < -0.3 is 10.6 Å². The van der Waals surface area contributed by atoms with Crippen LogP contribution in [0.1, 0.15) is 39.2 Å². The summed E-state index contributed by atoms with van der Waals surface area (Å²) in [5.41, 5.74) is 8.43. The minimum absolute atomic E-state index is 0.398. The number of hydrogen-bond donors (Lipinski definition) is 1. The van der Waals surface area contributed by atoms with E-state index >= 15 is 0 Å². The average Bonchev–Trinajstić information content (AvgIpc) is 2.37. The van der Waals surface area contributed by atoms with Crippen molar-refractivity contribution in [3.63, 3.8) is 0 Å². The summed E-state index contributed by atoms with van der Waals surface area (Å²) in [5, 5.41) is 0. The smallest absolute Gasteiger partial charge is 0.107 e. The summed E-state index contributed by atoms with van der Waals surface area (Å²) < 4.78 is 0.987. The van der Waals surface area contributed by atoms with Gasteiger partial charge in [-0.1, -0.05) is 39.1 Å². The molecule has 1 aromatic carbocycles. The van der Waals surface area contributed by atoms with Crippen molar-refractivity contribution in [2.75, 3.05) is 18.0 Å². The van der Waals surface area contributed by atoms with Gasteiger partial charge in [0, 0.05) is 28.8 Å². The van der Waals surface area contributed by atoms with E-state index in [1.807, 2.05) is 6.07 Å². The zero-order chi connectivity index (χ0) is 14.9. The molecule has 1 aliphatic heterocycles. The zero-order valence-electron chi connectivity index (χ0n) is 12.4. The number of nitrogens with two attached hydrogens (primary N) is 1. The van der Waals surface area contributed by atoms with Crippen LogP contribution < -0.4 is 10.6 Å². The number of halogens is 1. The highest BCUT2D eigenvalue weighted by molar-refractivity contribution is 9.10. The minimum Gasteiger partial charge on any atom is -0.389 e. The van der Waals surface area contributed by atoms with Gasteiger partial charge in [0.2, 0.25) is 0 Å². The molecule has 0 bridgehead atoms. The van der Waals surface area contributed by atoms with E-state index in [-0.39, 0.29) is 0 Å². The molecule has 2 rings (SSSR count). The third-order valence-corrected chi connectivity index (χ3v) is 5.16. The van der Waals surface area contributed by atoms with Gasteiger partial charge in [-0.3, -0.25) is 0 Å². The zero-order valence-corrected chi connectivity index (χ0v) is 14.9. The monoisotopic (exact) mass is 354 g/mol. The minimum atomic E-state index is 0.398. The Labute approximate surface area is 135 Å². The highest BCUT2D eigenvalue weighted by atomic mass is 79.9. The van der Waals surface area contributed by atoms with Crippen LogP contribution in [0.5, 0.6) is 0 Å². The SMILES string of the molecule is CC(C)(C)C1CCN(c2cccc(Br)c2C(N)=S)CC1. The van der Waals surface area contributed by atoms with Crippen molar-refractivity contribution >= 4 is 38.8 Å². The van der Waals surface area contributed by atoms with Gasteiger partial charge in [-0.15, -0.1) is 0 Å². The van der Waals surface area contributed by atoms with Crippen LogP contribution in [-0.2, 0) is 0 Å². The van der Waals surface area contributed by atoms with Gasteiger partial charge in [-0.2, -0.15) is 0 Å². The largest absolute Gasteiger partial charge is 0.389 e. The van der Waals surface area contributed by atoms with Crippen LogP contribution in [0.25, 0.3) is 0 Å². The molecule has 0 aromatic heterocycles. The first-order chi connectivity index (χ1) is 9.30. The molecule has 2 N–H and O–H groups in total. The van der Waals surface area contributed by atoms with E-state index in [0.717, 1.165) is 29.0 Å². The fourth-order valence-corrected chi connectivity index (χ4v) is 3.92. The van der Waals surface area contributed by atoms with Crippen LogP contribution in [-0.4, -0.2) is 18.1 Å². The summed E-state index contributed by atoms with van der Waals surface area (Å²) in [6, 6.07) is 6.17. The van der Waals surface area contributed by atoms with Crippen molar-refractivity contribution < 1.29 is 0 Å². The second-order valence-corrected chi connectivity index (χ2v) is 7.92. The van der Waals surface area contributed by atoms with Crippen LogP contribution in [0.3, 0.4) is 0 Å². The lowest BCUT2D eigenvalue weighted by atomic mass is 9.75. The first-order valence-corrected chi connectivity index (χ1v) is 8.34. The van der Waals surface area contributed by atoms with Crippen molar-refractivity contribution in [1.82, 2.24) is 0 Å². The Morgan fingerprint density at radius 3 is 2.40 bits per heavy atom. The Bertz CT molecular complexity index is 500. The summed E-state index contributed by atoms with van der Waals surface area (Å²) in [7, 11) is 0. The number of piperidine rings is 1. The second-order valence-electron chi connectivity index (χ2n) is 6.63. The quantitative estimate of drug-likeness (QED) is 0.800. The van der Waals surface area contributed by atoms with Crippen LogP contribution in [0, 0.1) is 11.3 Å². The first kappa shape index (κ1) is 15.8. The maximum atomic E-state index is 5.89. The van der Waals surface area contributed by atoms with E-state index in [9.17, 15) is 0 Å². The van der Waals surface area contributed by atoms with Crippen LogP contribution >= 0.6 is 28.1 Å². The van der Waals surface area contributed by atoms with Crippen LogP contribution in [0.2, 0.25) is 0 Å². The van der Waals surface area contributed by atoms with E-state index < -0.39 is 0 Å². The van der Waals surface area contributed by atoms with E-state index in [4.69, 9.17) is 18.0 Å². The molecule has 0 amide bonds. The van der Waals surface area contributed by atoms with E-state index in [2.05, 4.69) is 53.7 Å². The van der Waals surface area contributed by atoms with Crippen LogP contribution in [0.4, 0.5) is 5.69 Å². The van der Waals surface area contributed by atoms with Gasteiger partial charge in [-0.25, -0.2) is 0 Å². The molecule has 4 heteroatoms. The Kier molecular flexibility index (Phi) is 4.75. The normalized spacial score (nSPS) is 17.3. The molecule has 2 nitrogen and oxygen atoms in total. The van der Waals surface area contributed by atoms with E-state index in [0.29, 0.717) is 10.4 Å². The van der Waals surface area contributed by atoms with Crippen LogP contribution in [0.15, 0.2) is 22.7 Å². The summed E-state index contributed by atoms with van der Waals surface area (Å²) in [4.78, 5) is 2.88.